The van der Waals surface area contributed by atoms with Crippen LogP contribution in [0.4, 0.5) is 0 Å². The molecule has 1 N–H and O–H groups in total. The molecule has 0 heterocycles. The maximum atomic E-state index is 10.6. The molecule has 0 amide bonds. The van der Waals surface area contributed by atoms with Gasteiger partial charge in [0.25, 0.3) is 0 Å². The SMILES string of the molecule is C/C(C[C@@H](C)[C@H](C)C(C)C)=C1/CCC2C3CCC4[C@H](C)[C@@H](O)CC[C@]4(C)C3CC[C@]12C. The molecule has 10 atom stereocenters. The van der Waals surface area contributed by atoms with Gasteiger partial charge in [0, 0.05) is 0 Å². The van der Waals surface area contributed by atoms with Gasteiger partial charge in [-0.15, -0.1) is 0 Å². The molecule has 0 aliphatic heterocycles. The van der Waals surface area contributed by atoms with Gasteiger partial charge in [0.05, 0.1) is 6.10 Å². The zero-order valence-electron chi connectivity index (χ0n) is 22.0. The Morgan fingerprint density at radius 2 is 1.65 bits per heavy atom. The van der Waals surface area contributed by atoms with E-state index >= 15 is 0 Å². The summed E-state index contributed by atoms with van der Waals surface area (Å²) in [5, 5.41) is 10.6. The zero-order valence-corrected chi connectivity index (χ0v) is 22.0. The van der Waals surface area contributed by atoms with Crippen molar-refractivity contribution < 1.29 is 5.11 Å². The van der Waals surface area contributed by atoms with Crippen LogP contribution in [0, 0.1) is 58.2 Å². The third-order valence-corrected chi connectivity index (χ3v) is 12.0. The molecule has 0 radical (unpaired) electrons. The summed E-state index contributed by atoms with van der Waals surface area (Å²) in [4.78, 5) is 0. The molecule has 0 aromatic heterocycles. The summed E-state index contributed by atoms with van der Waals surface area (Å²) in [5.74, 6) is 6.36. The van der Waals surface area contributed by atoms with E-state index in [-0.39, 0.29) is 6.10 Å². The Bertz CT molecular complexity index is 691. The van der Waals surface area contributed by atoms with E-state index < -0.39 is 0 Å². The number of aliphatic hydroxyl groups is 1. The van der Waals surface area contributed by atoms with Crippen molar-refractivity contribution in [1.29, 1.82) is 0 Å². The maximum absolute atomic E-state index is 10.6. The molecule has 0 saturated heterocycles. The Morgan fingerprint density at radius 3 is 2.32 bits per heavy atom. The molecule has 4 fully saturated rings. The average molecular weight is 429 g/mol. The highest BCUT2D eigenvalue weighted by molar-refractivity contribution is 5.28. The van der Waals surface area contributed by atoms with Crippen LogP contribution in [0.15, 0.2) is 11.1 Å². The monoisotopic (exact) mass is 428 g/mol. The van der Waals surface area contributed by atoms with Gasteiger partial charge < -0.3 is 5.11 Å². The minimum atomic E-state index is -0.0534. The largest absolute Gasteiger partial charge is 0.393 e. The number of allylic oxidation sites excluding steroid dienone is 2. The molecular weight excluding hydrogens is 376 g/mol. The molecule has 0 aromatic carbocycles. The Labute approximate surface area is 193 Å². The van der Waals surface area contributed by atoms with E-state index in [1.165, 1.54) is 51.4 Å². The number of hydrogen-bond acceptors (Lipinski definition) is 1. The third-order valence-electron chi connectivity index (χ3n) is 12.0. The highest BCUT2D eigenvalue weighted by Gasteiger charge is 2.60. The van der Waals surface area contributed by atoms with Gasteiger partial charge in [0.1, 0.15) is 0 Å². The molecule has 0 spiro atoms. The van der Waals surface area contributed by atoms with Crippen molar-refractivity contribution in [2.24, 2.45) is 58.2 Å². The summed E-state index contributed by atoms with van der Waals surface area (Å²) >= 11 is 0. The van der Waals surface area contributed by atoms with Crippen molar-refractivity contribution in [3.63, 3.8) is 0 Å². The molecule has 4 rings (SSSR count). The lowest BCUT2D eigenvalue weighted by Gasteiger charge is -2.62. The van der Waals surface area contributed by atoms with E-state index in [2.05, 4.69) is 55.4 Å². The number of fused-ring (bicyclic) bond motifs is 5. The van der Waals surface area contributed by atoms with E-state index in [4.69, 9.17) is 0 Å². The summed E-state index contributed by atoms with van der Waals surface area (Å²) < 4.78 is 0. The fraction of sp³-hybridized carbons (Fsp3) is 0.933. The minimum Gasteiger partial charge on any atom is -0.393 e. The summed E-state index contributed by atoms with van der Waals surface area (Å²) in [5.41, 5.74) is 4.57. The van der Waals surface area contributed by atoms with Gasteiger partial charge in [-0.25, -0.2) is 0 Å². The van der Waals surface area contributed by atoms with Crippen molar-refractivity contribution in [3.8, 4) is 0 Å². The van der Waals surface area contributed by atoms with Gasteiger partial charge in [-0.1, -0.05) is 59.6 Å². The van der Waals surface area contributed by atoms with Crippen LogP contribution in [-0.4, -0.2) is 11.2 Å². The van der Waals surface area contributed by atoms with Gasteiger partial charge in [-0.05, 0) is 123 Å². The predicted octanol–water partition coefficient (Wildman–Crippen LogP) is 8.27. The second-order valence-electron chi connectivity index (χ2n) is 13.6. The topological polar surface area (TPSA) is 20.2 Å². The normalized spacial score (nSPS) is 48.6. The van der Waals surface area contributed by atoms with Crippen molar-refractivity contribution in [3.05, 3.63) is 11.1 Å². The predicted molar refractivity (Wildman–Crippen MR) is 133 cm³/mol. The highest BCUT2D eigenvalue weighted by atomic mass is 16.3. The lowest BCUT2D eigenvalue weighted by molar-refractivity contribution is -0.140. The molecule has 4 unspecified atom stereocenters. The summed E-state index contributed by atoms with van der Waals surface area (Å²) in [6.07, 6.45) is 12.0. The first-order chi connectivity index (χ1) is 14.5. The molecule has 4 aliphatic rings. The van der Waals surface area contributed by atoms with Crippen LogP contribution in [0.3, 0.4) is 0 Å². The second kappa shape index (κ2) is 8.48. The number of rotatable bonds is 4. The van der Waals surface area contributed by atoms with E-state index in [0.717, 1.165) is 47.8 Å². The Kier molecular flexibility index (Phi) is 6.53. The van der Waals surface area contributed by atoms with Crippen LogP contribution in [0.25, 0.3) is 0 Å². The Balaban J connectivity index is 1.55. The molecule has 178 valence electrons. The van der Waals surface area contributed by atoms with Crippen LogP contribution in [0.1, 0.15) is 113 Å². The molecule has 4 aliphatic carbocycles. The van der Waals surface area contributed by atoms with Gasteiger partial charge in [0.15, 0.2) is 0 Å². The van der Waals surface area contributed by atoms with Gasteiger partial charge in [-0.2, -0.15) is 0 Å². The van der Waals surface area contributed by atoms with E-state index in [9.17, 15) is 5.11 Å². The molecular formula is C30H52O. The molecule has 1 heteroatoms. The number of aliphatic hydroxyl groups excluding tert-OH is 1. The van der Waals surface area contributed by atoms with Gasteiger partial charge in [-0.3, -0.25) is 0 Å². The fourth-order valence-corrected chi connectivity index (χ4v) is 9.67. The first kappa shape index (κ1) is 23.8. The van der Waals surface area contributed by atoms with Gasteiger partial charge >= 0.3 is 0 Å². The van der Waals surface area contributed by atoms with Crippen LogP contribution in [0.5, 0.6) is 0 Å². The fourth-order valence-electron chi connectivity index (χ4n) is 9.67. The molecule has 4 saturated carbocycles. The third kappa shape index (κ3) is 3.77. The summed E-state index contributed by atoms with van der Waals surface area (Å²) in [7, 11) is 0. The first-order valence-electron chi connectivity index (χ1n) is 13.9. The second-order valence-corrected chi connectivity index (χ2v) is 13.6. The molecule has 31 heavy (non-hydrogen) atoms. The lowest BCUT2D eigenvalue weighted by Crippen LogP contribution is -2.55. The summed E-state index contributed by atoms with van der Waals surface area (Å²) in [6.45, 7) is 19.9. The molecule has 1 nitrogen and oxygen atoms in total. The minimum absolute atomic E-state index is 0.0534. The van der Waals surface area contributed by atoms with Crippen molar-refractivity contribution in [2.75, 3.05) is 0 Å². The van der Waals surface area contributed by atoms with E-state index in [1.54, 1.807) is 5.57 Å². The number of hydrogen-bond donors (Lipinski definition) is 1. The smallest absolute Gasteiger partial charge is 0.0568 e. The molecule has 0 bridgehead atoms. The van der Waals surface area contributed by atoms with E-state index in [1.807, 2.05) is 5.57 Å². The maximum Gasteiger partial charge on any atom is 0.0568 e. The average Bonchev–Trinajstić information content (AvgIpc) is 3.07. The van der Waals surface area contributed by atoms with Crippen LogP contribution in [-0.2, 0) is 0 Å². The first-order valence-corrected chi connectivity index (χ1v) is 13.9. The Hall–Kier alpha value is -0.300. The van der Waals surface area contributed by atoms with E-state index in [0.29, 0.717) is 16.7 Å². The Morgan fingerprint density at radius 1 is 0.935 bits per heavy atom. The van der Waals surface area contributed by atoms with Crippen molar-refractivity contribution in [1.82, 2.24) is 0 Å². The standard InChI is InChI=1S/C30H52O/c1-18(2)21(5)19(3)17-20(4)24-11-12-26-23-9-10-25-22(6)28(31)14-16-30(25,8)27(23)13-15-29(24,26)7/h18-19,21-23,25-28,31H,9-17H2,1-8H3/b24-20+/t19-,21-,22+,23?,25?,26?,27?,28+,29-,30+/m1/s1. The van der Waals surface area contributed by atoms with Crippen molar-refractivity contribution in [2.45, 2.75) is 119 Å². The van der Waals surface area contributed by atoms with Gasteiger partial charge in [0.2, 0.25) is 0 Å². The highest BCUT2D eigenvalue weighted by Crippen LogP contribution is 2.68. The van der Waals surface area contributed by atoms with Crippen LogP contribution in [0.2, 0.25) is 0 Å². The molecule has 0 aromatic rings. The quantitative estimate of drug-likeness (QED) is 0.447. The lowest BCUT2D eigenvalue weighted by atomic mass is 9.43. The zero-order chi connectivity index (χ0) is 22.7. The van der Waals surface area contributed by atoms with Crippen molar-refractivity contribution >= 4 is 0 Å². The summed E-state index contributed by atoms with van der Waals surface area (Å²) in [6, 6.07) is 0. The van der Waals surface area contributed by atoms with Crippen LogP contribution < -0.4 is 0 Å². The van der Waals surface area contributed by atoms with Crippen LogP contribution >= 0.6 is 0 Å².